The number of rotatable bonds is 12. The highest BCUT2D eigenvalue weighted by Gasteiger charge is 2.52. The van der Waals surface area contributed by atoms with E-state index in [1.54, 1.807) is 20.8 Å². The van der Waals surface area contributed by atoms with Crippen molar-refractivity contribution in [2.45, 2.75) is 84.7 Å². The second-order valence-corrected chi connectivity index (χ2v) is 9.65. The van der Waals surface area contributed by atoms with E-state index in [-0.39, 0.29) is 13.1 Å². The summed E-state index contributed by atoms with van der Waals surface area (Å²) in [5.74, 6) is -5.10. The van der Waals surface area contributed by atoms with Gasteiger partial charge in [-0.1, -0.05) is 0 Å². The summed E-state index contributed by atoms with van der Waals surface area (Å²) in [7, 11) is 0. The van der Waals surface area contributed by atoms with Crippen molar-refractivity contribution >= 4 is 41.7 Å². The summed E-state index contributed by atoms with van der Waals surface area (Å²) in [6.45, 7) is 7.79. The van der Waals surface area contributed by atoms with Crippen molar-refractivity contribution in [2.24, 2.45) is 0 Å². The smallest absolute Gasteiger partial charge is 0.325 e. The highest BCUT2D eigenvalue weighted by Crippen LogP contribution is 2.28. The van der Waals surface area contributed by atoms with Crippen LogP contribution in [-0.2, 0) is 62.0 Å². The van der Waals surface area contributed by atoms with Crippen LogP contribution in [0.2, 0.25) is 0 Å². The normalized spacial score (nSPS) is 22.2. The molecule has 1 heterocycles. The lowest BCUT2D eigenvalue weighted by molar-refractivity contribution is -0.256. The number of hydrogen-bond acceptors (Lipinski definition) is 14. The van der Waals surface area contributed by atoms with Gasteiger partial charge in [-0.15, -0.1) is 0 Å². The molecule has 1 fully saturated rings. The number of amides is 2. The lowest BCUT2D eigenvalue weighted by atomic mass is 9.97. The van der Waals surface area contributed by atoms with Crippen LogP contribution in [-0.4, -0.2) is 104 Å². The van der Waals surface area contributed by atoms with E-state index in [9.17, 15) is 33.6 Å². The van der Waals surface area contributed by atoms with Crippen LogP contribution >= 0.6 is 0 Å². The van der Waals surface area contributed by atoms with E-state index in [2.05, 4.69) is 16.0 Å². The molecule has 0 aliphatic carbocycles. The van der Waals surface area contributed by atoms with Crippen LogP contribution in [0.5, 0.6) is 0 Å². The van der Waals surface area contributed by atoms with Crippen molar-refractivity contribution in [1.82, 2.24) is 16.0 Å². The van der Waals surface area contributed by atoms with Crippen LogP contribution in [0.3, 0.4) is 0 Å². The summed E-state index contributed by atoms with van der Waals surface area (Å²) in [5, 5.41) is 7.35. The molecule has 1 rings (SSSR count). The molecule has 16 heteroatoms. The van der Waals surface area contributed by atoms with E-state index < -0.39 is 91.1 Å². The first-order valence-corrected chi connectivity index (χ1v) is 12.3. The molecular formula is C24H37N3O13. The summed E-state index contributed by atoms with van der Waals surface area (Å²) >= 11 is 0. The van der Waals surface area contributed by atoms with Gasteiger partial charge in [-0.2, -0.15) is 0 Å². The Morgan fingerprint density at radius 2 is 1.23 bits per heavy atom. The maximum atomic E-state index is 12.6. The number of esters is 5. The largest absolute Gasteiger partial charge is 0.463 e. The van der Waals surface area contributed by atoms with Gasteiger partial charge in [0.2, 0.25) is 11.8 Å². The average molecular weight is 576 g/mol. The minimum absolute atomic E-state index is 0.339. The standard InChI is InChI=1S/C24H37N3O13/c1-12(28)35-11-16-20(36-13(2)29)21(37-14(3)30)22(38-15(4)31)23(39-16)27-18(33)9-25-8-17(32)26-10-19(34)40-24(5,6)7/h16,20-23,25H,8-11H2,1-7H3,(H,26,32)(H,27,33)/t16-,20+,21+,22-,23-/m1/s1. The Morgan fingerprint density at radius 3 is 1.75 bits per heavy atom. The van der Waals surface area contributed by atoms with E-state index in [4.69, 9.17) is 28.4 Å². The molecule has 5 atom stereocenters. The Morgan fingerprint density at radius 1 is 0.700 bits per heavy atom. The molecule has 0 spiro atoms. The third-order valence-corrected chi connectivity index (χ3v) is 4.72. The lowest BCUT2D eigenvalue weighted by Crippen LogP contribution is -2.66. The molecule has 1 aliphatic heterocycles. The highest BCUT2D eigenvalue weighted by atomic mass is 16.7. The van der Waals surface area contributed by atoms with Crippen molar-refractivity contribution in [3.8, 4) is 0 Å². The summed E-state index contributed by atoms with van der Waals surface area (Å²) in [6.07, 6.45) is -6.97. The minimum atomic E-state index is -1.47. The van der Waals surface area contributed by atoms with Crippen molar-refractivity contribution < 1.29 is 62.0 Å². The maximum Gasteiger partial charge on any atom is 0.325 e. The molecule has 0 aromatic rings. The zero-order valence-electron chi connectivity index (χ0n) is 23.5. The number of nitrogens with one attached hydrogen (secondary N) is 3. The average Bonchev–Trinajstić information content (AvgIpc) is 2.78. The summed E-state index contributed by atoms with van der Waals surface area (Å²) < 4.78 is 31.6. The fourth-order valence-corrected chi connectivity index (χ4v) is 3.45. The molecule has 1 aliphatic rings. The van der Waals surface area contributed by atoms with E-state index in [0.29, 0.717) is 0 Å². The molecule has 0 radical (unpaired) electrons. The number of carbonyl (C=O) groups is 7. The van der Waals surface area contributed by atoms with Crippen molar-refractivity contribution in [2.75, 3.05) is 26.2 Å². The van der Waals surface area contributed by atoms with E-state index >= 15 is 0 Å². The van der Waals surface area contributed by atoms with Crippen molar-refractivity contribution in [1.29, 1.82) is 0 Å². The molecule has 0 saturated carbocycles. The first kappa shape index (κ1) is 34.2. The molecular weight excluding hydrogens is 538 g/mol. The molecule has 40 heavy (non-hydrogen) atoms. The molecule has 3 N–H and O–H groups in total. The van der Waals surface area contributed by atoms with Gasteiger partial charge in [0.05, 0.1) is 13.1 Å². The fourth-order valence-electron chi connectivity index (χ4n) is 3.45. The molecule has 0 aromatic carbocycles. The van der Waals surface area contributed by atoms with Crippen LogP contribution in [0.1, 0.15) is 48.5 Å². The Labute approximate surface area is 231 Å². The predicted molar refractivity (Wildman–Crippen MR) is 132 cm³/mol. The van der Waals surface area contributed by atoms with E-state index in [1.165, 1.54) is 0 Å². The SMILES string of the molecule is CC(=O)OC[C@H]1O[C@@H](NC(=O)CNCC(=O)NCC(=O)OC(C)(C)C)[C@H](OC(C)=O)[C@@H](OC(C)=O)[C@H]1OC(C)=O. The summed E-state index contributed by atoms with van der Waals surface area (Å²) in [6, 6.07) is 0. The lowest BCUT2D eigenvalue weighted by Gasteiger charge is -2.44. The number of hydrogen-bond donors (Lipinski definition) is 3. The van der Waals surface area contributed by atoms with Crippen molar-refractivity contribution in [3.05, 3.63) is 0 Å². The molecule has 0 bridgehead atoms. The molecule has 1 saturated heterocycles. The quantitative estimate of drug-likeness (QED) is 0.174. The first-order chi connectivity index (χ1) is 18.5. The molecule has 0 aromatic heterocycles. The Kier molecular flexibility index (Phi) is 13.4. The highest BCUT2D eigenvalue weighted by molar-refractivity contribution is 5.84. The number of ether oxygens (including phenoxy) is 6. The zero-order chi connectivity index (χ0) is 30.6. The molecule has 0 unspecified atom stereocenters. The van der Waals surface area contributed by atoms with Gasteiger partial charge in [0.15, 0.2) is 24.5 Å². The summed E-state index contributed by atoms with van der Waals surface area (Å²) in [5.41, 5.74) is -0.715. The molecule has 2 amide bonds. The second-order valence-electron chi connectivity index (χ2n) is 9.65. The zero-order valence-corrected chi connectivity index (χ0v) is 23.5. The van der Waals surface area contributed by atoms with Gasteiger partial charge in [-0.25, -0.2) is 0 Å². The van der Waals surface area contributed by atoms with Crippen LogP contribution in [0.25, 0.3) is 0 Å². The van der Waals surface area contributed by atoms with Gasteiger partial charge < -0.3 is 39.1 Å². The van der Waals surface area contributed by atoms with E-state index in [0.717, 1.165) is 27.7 Å². The Balaban J connectivity index is 2.93. The van der Waals surface area contributed by atoms with E-state index in [1.807, 2.05) is 0 Å². The Bertz CT molecular complexity index is 962. The summed E-state index contributed by atoms with van der Waals surface area (Å²) in [4.78, 5) is 83.1. The van der Waals surface area contributed by atoms with Crippen molar-refractivity contribution in [3.63, 3.8) is 0 Å². The first-order valence-electron chi connectivity index (χ1n) is 12.3. The van der Waals surface area contributed by atoms with Gasteiger partial charge in [0, 0.05) is 27.7 Å². The van der Waals surface area contributed by atoms with Gasteiger partial charge >= 0.3 is 29.8 Å². The fraction of sp³-hybridized carbons (Fsp3) is 0.708. The Hall–Kier alpha value is -3.79. The van der Waals surface area contributed by atoms with Crippen LogP contribution < -0.4 is 16.0 Å². The van der Waals surface area contributed by atoms with Crippen LogP contribution in [0, 0.1) is 0 Å². The van der Waals surface area contributed by atoms with Gasteiger partial charge in [0.1, 0.15) is 24.9 Å². The topological polar surface area (TPSA) is 211 Å². The van der Waals surface area contributed by atoms with Gasteiger partial charge in [-0.05, 0) is 20.8 Å². The van der Waals surface area contributed by atoms with Crippen LogP contribution in [0.4, 0.5) is 0 Å². The number of carbonyl (C=O) groups excluding carboxylic acids is 7. The molecule has 16 nitrogen and oxygen atoms in total. The van der Waals surface area contributed by atoms with Crippen LogP contribution in [0.15, 0.2) is 0 Å². The maximum absolute atomic E-state index is 12.6. The third kappa shape index (κ3) is 13.3. The van der Waals surface area contributed by atoms with Gasteiger partial charge in [0.25, 0.3) is 0 Å². The minimum Gasteiger partial charge on any atom is -0.463 e. The van der Waals surface area contributed by atoms with Gasteiger partial charge in [-0.3, -0.25) is 38.9 Å². The predicted octanol–water partition coefficient (Wildman–Crippen LogP) is -1.77. The third-order valence-electron chi connectivity index (χ3n) is 4.72. The monoisotopic (exact) mass is 575 g/mol. The molecule has 226 valence electrons. The second kappa shape index (κ2) is 15.7.